The summed E-state index contributed by atoms with van der Waals surface area (Å²) in [6, 6.07) is 7.86. The molecule has 0 atom stereocenters. The maximum Gasteiger partial charge on any atom is 0.324 e. The number of para-hydroxylation sites is 1. The van der Waals surface area contributed by atoms with Gasteiger partial charge in [0.1, 0.15) is 5.76 Å². The van der Waals surface area contributed by atoms with Crippen LogP contribution in [0, 0.1) is 0 Å². The van der Waals surface area contributed by atoms with E-state index < -0.39 is 12.0 Å². The van der Waals surface area contributed by atoms with Crippen LogP contribution in [0.25, 0.3) is 0 Å². The largest absolute Gasteiger partial charge is 0.481 e. The first-order valence-corrected chi connectivity index (χ1v) is 7.10. The fourth-order valence-electron chi connectivity index (χ4n) is 1.92. The quantitative estimate of drug-likeness (QED) is 0.803. The third kappa shape index (κ3) is 4.57. The molecular weight excluding hydrogens is 298 g/mol. The minimum absolute atomic E-state index is 0.172. The van der Waals surface area contributed by atoms with E-state index in [4.69, 9.17) is 9.63 Å². The smallest absolute Gasteiger partial charge is 0.324 e. The lowest BCUT2D eigenvalue weighted by Crippen LogP contribution is -2.21. The van der Waals surface area contributed by atoms with Gasteiger partial charge in [0.25, 0.3) is 0 Å². The average molecular weight is 317 g/mol. The number of aromatic nitrogens is 1. The number of nitrogens with zero attached hydrogens (tertiary/aromatic N) is 1. The molecule has 0 bridgehead atoms. The summed E-state index contributed by atoms with van der Waals surface area (Å²) < 4.78 is 5.19. The standard InChI is InChI=1S/C16H19N3O4/c1-16(2,3)12-9-13(19-23-12)18-15(22)17-11-7-5-4-6-10(11)8-14(20)21/h4-7,9H,8H2,1-3H3,(H,20,21)(H2,17,18,19,22). The van der Waals surface area contributed by atoms with Crippen molar-refractivity contribution in [2.75, 3.05) is 10.6 Å². The van der Waals surface area contributed by atoms with Crippen molar-refractivity contribution in [3.63, 3.8) is 0 Å². The van der Waals surface area contributed by atoms with E-state index in [2.05, 4.69) is 15.8 Å². The first-order chi connectivity index (χ1) is 10.8. The van der Waals surface area contributed by atoms with Crippen LogP contribution in [0.1, 0.15) is 32.1 Å². The summed E-state index contributed by atoms with van der Waals surface area (Å²) in [6.07, 6.45) is -0.172. The van der Waals surface area contributed by atoms with Gasteiger partial charge in [-0.05, 0) is 11.6 Å². The summed E-state index contributed by atoms with van der Waals surface area (Å²) in [7, 11) is 0. The monoisotopic (exact) mass is 317 g/mol. The number of nitrogens with one attached hydrogen (secondary N) is 2. The number of carbonyl (C=O) groups excluding carboxylic acids is 1. The summed E-state index contributed by atoms with van der Waals surface area (Å²) in [6.45, 7) is 5.92. The molecule has 1 heterocycles. The molecule has 0 saturated carbocycles. The maximum atomic E-state index is 12.0. The number of amides is 2. The second kappa shape index (κ2) is 6.51. The Balaban J connectivity index is 2.05. The number of hydrogen-bond donors (Lipinski definition) is 3. The van der Waals surface area contributed by atoms with Gasteiger partial charge in [-0.25, -0.2) is 4.79 Å². The van der Waals surface area contributed by atoms with E-state index in [9.17, 15) is 9.59 Å². The summed E-state index contributed by atoms with van der Waals surface area (Å²) in [5.41, 5.74) is 0.745. The molecule has 0 aliphatic rings. The van der Waals surface area contributed by atoms with Crippen LogP contribution in [0.2, 0.25) is 0 Å². The van der Waals surface area contributed by atoms with Crippen molar-refractivity contribution in [1.29, 1.82) is 0 Å². The number of hydrogen-bond acceptors (Lipinski definition) is 4. The van der Waals surface area contributed by atoms with Crippen LogP contribution < -0.4 is 10.6 Å². The van der Waals surface area contributed by atoms with Crippen molar-refractivity contribution in [3.8, 4) is 0 Å². The Hall–Kier alpha value is -2.83. The van der Waals surface area contributed by atoms with Crippen LogP contribution in [0.15, 0.2) is 34.9 Å². The number of aliphatic carboxylic acids is 1. The second-order valence-corrected chi connectivity index (χ2v) is 6.13. The molecule has 122 valence electrons. The molecule has 7 nitrogen and oxygen atoms in total. The fraction of sp³-hybridized carbons (Fsp3) is 0.312. The molecule has 0 fully saturated rings. The van der Waals surface area contributed by atoms with Gasteiger partial charge in [0.2, 0.25) is 0 Å². The molecule has 0 unspecified atom stereocenters. The minimum atomic E-state index is -0.967. The Labute approximate surface area is 133 Å². The molecule has 23 heavy (non-hydrogen) atoms. The van der Waals surface area contributed by atoms with E-state index in [1.165, 1.54) is 0 Å². The maximum absolute atomic E-state index is 12.0. The highest BCUT2D eigenvalue weighted by atomic mass is 16.5. The molecule has 2 aromatic rings. The van der Waals surface area contributed by atoms with Crippen molar-refractivity contribution in [2.45, 2.75) is 32.6 Å². The first kappa shape index (κ1) is 16.5. The molecule has 2 amide bonds. The van der Waals surface area contributed by atoms with Crippen molar-refractivity contribution >= 4 is 23.5 Å². The number of carbonyl (C=O) groups is 2. The van der Waals surface area contributed by atoms with Crippen LogP contribution in [0.4, 0.5) is 16.3 Å². The normalized spacial score (nSPS) is 11.1. The number of urea groups is 1. The lowest BCUT2D eigenvalue weighted by molar-refractivity contribution is -0.136. The number of anilines is 2. The van der Waals surface area contributed by atoms with Crippen molar-refractivity contribution in [2.24, 2.45) is 0 Å². The first-order valence-electron chi connectivity index (χ1n) is 7.10. The highest BCUT2D eigenvalue weighted by Gasteiger charge is 2.20. The van der Waals surface area contributed by atoms with E-state index >= 15 is 0 Å². The van der Waals surface area contributed by atoms with Crippen LogP contribution in [-0.2, 0) is 16.6 Å². The SMILES string of the molecule is CC(C)(C)c1cc(NC(=O)Nc2ccccc2CC(=O)O)no1. The zero-order chi connectivity index (χ0) is 17.0. The molecule has 7 heteroatoms. The fourth-order valence-corrected chi connectivity index (χ4v) is 1.92. The summed E-state index contributed by atoms with van der Waals surface area (Å²) in [5.74, 6) is -0.0202. The van der Waals surface area contributed by atoms with Crippen molar-refractivity contribution in [3.05, 3.63) is 41.7 Å². The molecule has 0 spiro atoms. The van der Waals surface area contributed by atoms with E-state index in [1.807, 2.05) is 20.8 Å². The molecule has 0 aliphatic carbocycles. The highest BCUT2D eigenvalue weighted by molar-refractivity contribution is 5.99. The third-order valence-corrected chi connectivity index (χ3v) is 3.10. The Bertz CT molecular complexity index is 716. The molecule has 3 N–H and O–H groups in total. The van der Waals surface area contributed by atoms with E-state index in [1.54, 1.807) is 30.3 Å². The topological polar surface area (TPSA) is 104 Å². The van der Waals surface area contributed by atoms with E-state index in [0.29, 0.717) is 22.8 Å². The second-order valence-electron chi connectivity index (χ2n) is 6.13. The molecular formula is C16H19N3O4. The molecule has 0 aliphatic heterocycles. The zero-order valence-electron chi connectivity index (χ0n) is 13.2. The predicted molar refractivity (Wildman–Crippen MR) is 85.6 cm³/mol. The molecule has 2 rings (SSSR count). The third-order valence-electron chi connectivity index (χ3n) is 3.10. The van der Waals surface area contributed by atoms with Gasteiger partial charge < -0.3 is 14.9 Å². The predicted octanol–water partition coefficient (Wildman–Crippen LogP) is 3.24. The molecule has 0 radical (unpaired) electrons. The van der Waals surface area contributed by atoms with Crippen molar-refractivity contribution < 1.29 is 19.2 Å². The van der Waals surface area contributed by atoms with Gasteiger partial charge in [-0.15, -0.1) is 0 Å². The van der Waals surface area contributed by atoms with Crippen molar-refractivity contribution in [1.82, 2.24) is 5.16 Å². The number of carboxylic acids is 1. The van der Waals surface area contributed by atoms with Crippen LogP contribution in [0.5, 0.6) is 0 Å². The van der Waals surface area contributed by atoms with Crippen LogP contribution >= 0.6 is 0 Å². The molecule has 0 saturated heterocycles. The van der Waals surface area contributed by atoms with Gasteiger partial charge in [-0.1, -0.05) is 44.1 Å². The minimum Gasteiger partial charge on any atom is -0.481 e. The van der Waals surface area contributed by atoms with Crippen LogP contribution in [0.3, 0.4) is 0 Å². The Kier molecular flexibility index (Phi) is 4.68. The van der Waals surface area contributed by atoms with Gasteiger partial charge in [0.15, 0.2) is 5.82 Å². The van der Waals surface area contributed by atoms with E-state index in [-0.39, 0.29) is 11.8 Å². The van der Waals surface area contributed by atoms with Gasteiger partial charge in [-0.3, -0.25) is 10.1 Å². The highest BCUT2D eigenvalue weighted by Crippen LogP contribution is 2.24. The Morgan fingerprint density at radius 3 is 2.52 bits per heavy atom. The zero-order valence-corrected chi connectivity index (χ0v) is 13.2. The number of rotatable bonds is 4. The average Bonchev–Trinajstić information content (AvgIpc) is 2.89. The Morgan fingerprint density at radius 1 is 1.22 bits per heavy atom. The summed E-state index contributed by atoms with van der Waals surface area (Å²) in [4.78, 5) is 22.9. The number of benzene rings is 1. The van der Waals surface area contributed by atoms with Gasteiger partial charge >= 0.3 is 12.0 Å². The van der Waals surface area contributed by atoms with E-state index in [0.717, 1.165) is 0 Å². The molecule has 1 aromatic heterocycles. The van der Waals surface area contributed by atoms with Gasteiger partial charge in [-0.2, -0.15) is 0 Å². The molecule has 1 aromatic carbocycles. The lowest BCUT2D eigenvalue weighted by atomic mass is 9.93. The Morgan fingerprint density at radius 2 is 1.91 bits per heavy atom. The van der Waals surface area contributed by atoms with Gasteiger partial charge in [0, 0.05) is 17.2 Å². The lowest BCUT2D eigenvalue weighted by Gasteiger charge is -2.12. The summed E-state index contributed by atoms with van der Waals surface area (Å²) >= 11 is 0. The number of carboxylic acid groups (broad SMARTS) is 1. The summed E-state index contributed by atoms with van der Waals surface area (Å²) in [5, 5.41) is 17.9. The van der Waals surface area contributed by atoms with Gasteiger partial charge in [0.05, 0.1) is 6.42 Å². The van der Waals surface area contributed by atoms with Crippen LogP contribution in [-0.4, -0.2) is 22.3 Å².